The van der Waals surface area contributed by atoms with Crippen LogP contribution in [0.2, 0.25) is 19.6 Å². The minimum Gasteiger partial charge on any atom is -0.333 e. The van der Waals surface area contributed by atoms with Crippen LogP contribution in [0.25, 0.3) is 61.6 Å². The quantitative estimate of drug-likeness (QED) is 0.127. The van der Waals surface area contributed by atoms with Crippen LogP contribution in [0.3, 0.4) is 0 Å². The van der Waals surface area contributed by atoms with Crippen molar-refractivity contribution in [2.75, 3.05) is 0 Å². The number of para-hydroxylation sites is 2. The third-order valence-electron chi connectivity index (χ3n) is 10.1. The van der Waals surface area contributed by atoms with Gasteiger partial charge in [0.15, 0.2) is 0 Å². The zero-order valence-corrected chi connectivity index (χ0v) is 34.3. The Morgan fingerprint density at radius 2 is 1.44 bits per heavy atom. The molecule has 0 N–H and O–H groups in total. The maximum Gasteiger partial charge on any atom is 0.0795 e. The molecule has 9 rings (SSSR count). The molecule has 269 valence electrons. The fourth-order valence-electron chi connectivity index (χ4n) is 7.15. The largest absolute Gasteiger partial charge is 0.333 e. The van der Waals surface area contributed by atoms with Gasteiger partial charge in [-0.2, -0.15) is 0 Å². The predicted octanol–water partition coefficient (Wildman–Crippen LogP) is 11.9. The summed E-state index contributed by atoms with van der Waals surface area (Å²) in [5.74, 6) is 0.911. The van der Waals surface area contributed by atoms with Crippen molar-refractivity contribution >= 4 is 24.3 Å². The molecule has 0 amide bonds. The van der Waals surface area contributed by atoms with Gasteiger partial charge in [-0.3, -0.25) is 4.98 Å². The van der Waals surface area contributed by atoms with Gasteiger partial charge in [0.25, 0.3) is 0 Å². The molecule has 0 unspecified atom stereocenters. The van der Waals surface area contributed by atoms with Crippen LogP contribution in [0.15, 0.2) is 152 Å². The van der Waals surface area contributed by atoms with Crippen molar-refractivity contribution in [3.05, 3.63) is 181 Å². The first kappa shape index (κ1) is 31.2. The number of hydrogen-bond donors (Lipinski definition) is 0. The molecule has 0 atom stereocenters. The molecule has 54 heavy (non-hydrogen) atoms. The summed E-state index contributed by atoms with van der Waals surface area (Å²) in [6.45, 7) is 8.81. The van der Waals surface area contributed by atoms with Crippen molar-refractivity contribution in [1.29, 1.82) is 0 Å². The Balaban J connectivity index is 0.000000199. The summed E-state index contributed by atoms with van der Waals surface area (Å²) in [5.41, 5.74) is 12.6. The van der Waals surface area contributed by atoms with Gasteiger partial charge >= 0.3 is 0 Å². The van der Waals surface area contributed by atoms with Crippen LogP contribution in [0, 0.1) is 19.0 Å². The zero-order valence-electron chi connectivity index (χ0n) is 36.0. The maximum atomic E-state index is 7.88. The molecule has 6 aromatic carbocycles. The molecule has 1 aliphatic rings. The molecule has 0 fully saturated rings. The van der Waals surface area contributed by atoms with Crippen molar-refractivity contribution in [3.8, 4) is 50.6 Å². The summed E-state index contributed by atoms with van der Waals surface area (Å²) in [7, 11) is -1.43. The van der Waals surface area contributed by atoms with Crippen LogP contribution in [0.4, 0.5) is 0 Å². The van der Waals surface area contributed by atoms with Crippen molar-refractivity contribution in [2.45, 2.75) is 45.8 Å². The summed E-state index contributed by atoms with van der Waals surface area (Å²) in [6.07, 6.45) is 1.82. The Labute approximate surface area is 341 Å². The zero-order chi connectivity index (χ0) is 41.0. The third kappa shape index (κ3) is 7.08. The van der Waals surface area contributed by atoms with E-state index in [9.17, 15) is 0 Å². The van der Waals surface area contributed by atoms with Crippen LogP contribution in [0.1, 0.15) is 37.4 Å². The molecule has 2 heterocycles. The molecular weight excluding hydrogens is 851 g/mol. The van der Waals surface area contributed by atoms with E-state index in [0.29, 0.717) is 11.3 Å². The molecule has 0 saturated heterocycles. The Hall–Kier alpha value is -5.19. The van der Waals surface area contributed by atoms with Gasteiger partial charge in [-0.1, -0.05) is 137 Å². The molecule has 0 saturated carbocycles. The summed E-state index contributed by atoms with van der Waals surface area (Å²) < 4.78 is 40.1. The van der Waals surface area contributed by atoms with Crippen LogP contribution in [-0.2, 0) is 25.5 Å². The fourth-order valence-corrected chi connectivity index (χ4v) is 8.19. The van der Waals surface area contributed by atoms with E-state index in [4.69, 9.17) is 11.8 Å². The molecule has 0 spiro atoms. The number of aromatic nitrogens is 3. The second kappa shape index (κ2) is 14.9. The van der Waals surface area contributed by atoms with Gasteiger partial charge < -0.3 is 9.55 Å². The number of hydrogen-bond acceptors (Lipinski definition) is 2. The molecule has 5 heteroatoms. The SMILES string of the molecule is CC1(C)c2c[c-]c(-c3nc4ccccc4n3-c3ccc(-c4ccccc4)cc3)cc2-c2ccccc21.[2H]c1[c-]c(-c2ccc([Si](C)(C)C)cn2)cc([2H])c1C([2H])([2H])[2H].[Ir]. The fraction of sp³-hybridized carbons (Fsp3) is 0.143. The van der Waals surface area contributed by atoms with Gasteiger partial charge in [0.2, 0.25) is 0 Å². The molecule has 1 radical (unpaired) electrons. The van der Waals surface area contributed by atoms with Gasteiger partial charge in [0.05, 0.1) is 24.9 Å². The molecule has 3 nitrogen and oxygen atoms in total. The number of nitrogens with zero attached hydrogens (tertiary/aromatic N) is 3. The van der Waals surface area contributed by atoms with Crippen LogP contribution < -0.4 is 5.19 Å². The predicted molar refractivity (Wildman–Crippen MR) is 225 cm³/mol. The first-order chi connectivity index (χ1) is 27.6. The Kier molecular flexibility index (Phi) is 8.61. The van der Waals surface area contributed by atoms with E-state index in [1.54, 1.807) is 0 Å². The Morgan fingerprint density at radius 1 is 0.722 bits per heavy atom. The van der Waals surface area contributed by atoms with Crippen molar-refractivity contribution in [3.63, 3.8) is 0 Å². The van der Waals surface area contributed by atoms with Crippen molar-refractivity contribution in [2.24, 2.45) is 0 Å². The normalized spacial score (nSPS) is 14.2. The van der Waals surface area contributed by atoms with E-state index >= 15 is 0 Å². The van der Waals surface area contributed by atoms with Gasteiger partial charge in [-0.15, -0.1) is 64.7 Å². The van der Waals surface area contributed by atoms with E-state index < -0.39 is 14.9 Å². The topological polar surface area (TPSA) is 30.7 Å². The molecular formula is C49H43IrN3Si-2. The summed E-state index contributed by atoms with van der Waals surface area (Å²) >= 11 is 0. The standard InChI is InChI=1S/C34H25N2.C15H18NSi.Ir/c1-34(2)29-13-7-6-12-27(29)28-22-25(18-21-30(28)34)33-35-31-14-8-9-15-32(31)36(33)26-19-16-24(17-20-26)23-10-4-3-5-11-23;1-12-5-7-13(8-6-12)15-10-9-14(11-16-15)17(2,3)4;/h3-17,19-22H,1-2H3;5-7,9-11H,1-4H3;/q2*-1;/i;1D3,5D,6D;. The van der Waals surface area contributed by atoms with Crippen molar-refractivity contribution < 1.29 is 27.0 Å². The third-order valence-corrected chi connectivity index (χ3v) is 12.2. The van der Waals surface area contributed by atoms with E-state index in [1.165, 1.54) is 44.6 Å². The monoisotopic (exact) mass is 899 g/mol. The van der Waals surface area contributed by atoms with Gasteiger partial charge in [-0.05, 0) is 62.8 Å². The molecule has 0 aliphatic heterocycles. The Morgan fingerprint density at radius 3 is 2.17 bits per heavy atom. The van der Waals surface area contributed by atoms with Gasteiger partial charge in [0, 0.05) is 38.8 Å². The average Bonchev–Trinajstić information content (AvgIpc) is 3.70. The smallest absolute Gasteiger partial charge is 0.0795 e. The average molecular weight is 899 g/mol. The van der Waals surface area contributed by atoms with E-state index in [-0.39, 0.29) is 43.2 Å². The van der Waals surface area contributed by atoms with Gasteiger partial charge in [-0.25, -0.2) is 0 Å². The molecule has 8 aromatic rings. The van der Waals surface area contributed by atoms with E-state index in [0.717, 1.165) is 28.1 Å². The first-order valence-corrected chi connectivity index (χ1v) is 21.4. The molecule has 1 aliphatic carbocycles. The second-order valence-electron chi connectivity index (χ2n) is 15.0. The summed E-state index contributed by atoms with van der Waals surface area (Å²) in [6, 6.07) is 51.9. The Bertz CT molecular complexity index is 2770. The van der Waals surface area contributed by atoms with Crippen LogP contribution in [-0.4, -0.2) is 22.6 Å². The summed E-state index contributed by atoms with van der Waals surface area (Å²) in [5, 5.41) is 1.22. The van der Waals surface area contributed by atoms with Crippen LogP contribution in [0.5, 0.6) is 0 Å². The minimum absolute atomic E-state index is 0. The maximum absolute atomic E-state index is 7.88. The number of fused-ring (bicyclic) bond motifs is 4. The first-order valence-electron chi connectivity index (χ1n) is 20.4. The van der Waals surface area contributed by atoms with Crippen LogP contribution >= 0.6 is 0 Å². The van der Waals surface area contributed by atoms with E-state index in [1.807, 2.05) is 24.4 Å². The molecule has 2 aromatic heterocycles. The minimum atomic E-state index is -2.47. The number of pyridine rings is 1. The van der Waals surface area contributed by atoms with Crippen molar-refractivity contribution in [1.82, 2.24) is 14.5 Å². The number of benzene rings is 6. The van der Waals surface area contributed by atoms with E-state index in [2.05, 4.69) is 164 Å². The molecule has 0 bridgehead atoms. The number of rotatable bonds is 5. The second-order valence-corrected chi connectivity index (χ2v) is 20.1. The number of imidazole rings is 1. The summed E-state index contributed by atoms with van der Waals surface area (Å²) in [4.78, 5) is 9.48. The van der Waals surface area contributed by atoms with Gasteiger partial charge in [0.1, 0.15) is 0 Å².